The quantitative estimate of drug-likeness (QED) is 0.202. The maximum atomic E-state index is 11.0. The molecule has 0 fully saturated rings. The Kier molecular flexibility index (Phi) is 7.52. The Morgan fingerprint density at radius 3 is 2.47 bits per heavy atom. The number of aliphatic hydroxyl groups excluding tert-OH is 1. The topological polar surface area (TPSA) is 140 Å². The van der Waals surface area contributed by atoms with Gasteiger partial charge in [0.25, 0.3) is 6.01 Å². The molecule has 0 aliphatic rings. The highest BCUT2D eigenvalue weighted by Gasteiger charge is 2.19. The van der Waals surface area contributed by atoms with E-state index in [-0.39, 0.29) is 18.3 Å². The van der Waals surface area contributed by atoms with Crippen molar-refractivity contribution < 1.29 is 22.5 Å². The van der Waals surface area contributed by atoms with E-state index in [1.807, 2.05) is 64.7 Å². The van der Waals surface area contributed by atoms with Crippen molar-refractivity contribution in [3.8, 4) is 21.9 Å². The van der Waals surface area contributed by atoms with Gasteiger partial charge in [-0.05, 0) is 35.7 Å². The second-order valence-corrected chi connectivity index (χ2v) is 10.5. The molecule has 1 atom stereocenters. The van der Waals surface area contributed by atoms with E-state index in [1.165, 1.54) is 23.5 Å². The Labute approximate surface area is 223 Å². The SMILES string of the molecule is O=S(=O)([O-])Nc1ccc(C[C@H](Nc2ncc(-c3cccc(CO)c3)o2)c2csc(-c3ccccc3)n2)cc1. The third-order valence-electron chi connectivity index (χ3n) is 5.73. The van der Waals surface area contributed by atoms with Crippen molar-refractivity contribution >= 4 is 33.3 Å². The van der Waals surface area contributed by atoms with Gasteiger partial charge in [-0.1, -0.05) is 60.7 Å². The molecule has 2 heterocycles. The van der Waals surface area contributed by atoms with Gasteiger partial charge in [-0.2, -0.15) is 0 Å². The molecule has 0 unspecified atom stereocenters. The summed E-state index contributed by atoms with van der Waals surface area (Å²) in [5.41, 5.74) is 4.44. The van der Waals surface area contributed by atoms with Crippen molar-refractivity contribution in [1.29, 1.82) is 0 Å². The van der Waals surface area contributed by atoms with Gasteiger partial charge in [-0.15, -0.1) is 11.3 Å². The van der Waals surface area contributed by atoms with E-state index in [4.69, 9.17) is 9.40 Å². The Morgan fingerprint density at radius 2 is 1.74 bits per heavy atom. The average Bonchev–Trinajstić information content (AvgIpc) is 3.60. The Hall–Kier alpha value is -4.03. The predicted molar refractivity (Wildman–Crippen MR) is 145 cm³/mol. The summed E-state index contributed by atoms with van der Waals surface area (Å²) >= 11 is 1.53. The van der Waals surface area contributed by atoms with Crippen LogP contribution < -0.4 is 10.0 Å². The van der Waals surface area contributed by atoms with Crippen molar-refractivity contribution in [2.24, 2.45) is 0 Å². The predicted octanol–water partition coefficient (Wildman–Crippen LogP) is 5.23. The summed E-state index contributed by atoms with van der Waals surface area (Å²) in [5, 5.41) is 15.6. The Morgan fingerprint density at radius 1 is 0.974 bits per heavy atom. The molecule has 194 valence electrons. The van der Waals surface area contributed by atoms with E-state index < -0.39 is 10.3 Å². The summed E-state index contributed by atoms with van der Waals surface area (Å²) in [6.07, 6.45) is 2.11. The minimum atomic E-state index is -4.60. The molecule has 0 saturated carbocycles. The molecule has 9 nitrogen and oxygen atoms in total. The summed E-state index contributed by atoms with van der Waals surface area (Å²) in [6.45, 7) is -0.0716. The van der Waals surface area contributed by atoms with Gasteiger partial charge in [0.05, 0.1) is 24.5 Å². The van der Waals surface area contributed by atoms with E-state index in [0.29, 0.717) is 18.2 Å². The lowest BCUT2D eigenvalue weighted by Crippen LogP contribution is -2.15. The van der Waals surface area contributed by atoms with Crippen molar-refractivity contribution in [3.63, 3.8) is 0 Å². The zero-order chi connectivity index (χ0) is 26.5. The van der Waals surface area contributed by atoms with Crippen LogP contribution in [0.2, 0.25) is 0 Å². The van der Waals surface area contributed by atoms with Crippen LogP contribution in [0.1, 0.15) is 22.9 Å². The van der Waals surface area contributed by atoms with Crippen LogP contribution >= 0.6 is 11.3 Å². The van der Waals surface area contributed by atoms with E-state index in [1.54, 1.807) is 18.3 Å². The molecule has 3 aromatic carbocycles. The van der Waals surface area contributed by atoms with Crippen LogP contribution in [0.15, 0.2) is 94.9 Å². The number of aromatic nitrogens is 2. The first-order valence-electron chi connectivity index (χ1n) is 11.6. The fourth-order valence-corrected chi connectivity index (χ4v) is 5.23. The molecule has 0 aliphatic carbocycles. The molecule has 2 aromatic heterocycles. The lowest BCUT2D eigenvalue weighted by molar-refractivity contribution is 0.282. The summed E-state index contributed by atoms with van der Waals surface area (Å²) in [4.78, 5) is 9.25. The summed E-state index contributed by atoms with van der Waals surface area (Å²) in [7, 11) is -4.60. The number of hydrogen-bond acceptors (Lipinski definition) is 9. The molecule has 0 amide bonds. The molecule has 5 aromatic rings. The second-order valence-electron chi connectivity index (χ2n) is 8.49. The van der Waals surface area contributed by atoms with Crippen LogP contribution in [0.3, 0.4) is 0 Å². The van der Waals surface area contributed by atoms with Crippen molar-refractivity contribution in [2.75, 3.05) is 10.0 Å². The van der Waals surface area contributed by atoms with Crippen molar-refractivity contribution in [2.45, 2.75) is 19.1 Å². The fraction of sp³-hybridized carbons (Fsp3) is 0.111. The number of thiazole rings is 1. The molecule has 0 radical (unpaired) electrons. The highest BCUT2D eigenvalue weighted by Crippen LogP contribution is 2.31. The fourth-order valence-electron chi connectivity index (χ4n) is 3.92. The third kappa shape index (κ3) is 6.45. The van der Waals surface area contributed by atoms with Gasteiger partial charge < -0.3 is 19.4 Å². The standard InChI is InChI=1S/C27H24N4O5S2/c32-16-19-5-4-8-21(13-19)25-15-28-27(36-25)30-23(14-18-9-11-22(12-10-18)31-38(33,34)35)24-17-37-26(29-24)20-6-2-1-3-7-20/h1-13,15,17,23,31-32H,14,16H2,(H,28,30)(H,33,34,35)/p-1/t23-/m0/s1. The van der Waals surface area contributed by atoms with Crippen LogP contribution in [0.5, 0.6) is 0 Å². The van der Waals surface area contributed by atoms with Crippen molar-refractivity contribution in [3.05, 3.63) is 107 Å². The van der Waals surface area contributed by atoms with Gasteiger partial charge in [0.1, 0.15) is 5.01 Å². The van der Waals surface area contributed by atoms with Gasteiger partial charge in [-0.3, -0.25) is 4.72 Å². The van der Waals surface area contributed by atoms with Gasteiger partial charge in [-0.25, -0.2) is 18.4 Å². The molecule has 11 heteroatoms. The van der Waals surface area contributed by atoms with Crippen LogP contribution in [0, 0.1) is 0 Å². The number of nitrogens with zero attached hydrogens (tertiary/aromatic N) is 2. The van der Waals surface area contributed by atoms with Gasteiger partial charge in [0, 0.05) is 22.2 Å². The van der Waals surface area contributed by atoms with Crippen LogP contribution in [0.25, 0.3) is 21.9 Å². The Bertz CT molecular complexity index is 1620. The summed E-state index contributed by atoms with van der Waals surface area (Å²) < 4.78 is 40.9. The summed E-state index contributed by atoms with van der Waals surface area (Å²) in [6, 6.07) is 23.8. The zero-order valence-electron chi connectivity index (χ0n) is 19.9. The lowest BCUT2D eigenvalue weighted by Gasteiger charge is -2.17. The number of aliphatic hydroxyl groups is 1. The first-order valence-corrected chi connectivity index (χ1v) is 13.9. The highest BCUT2D eigenvalue weighted by atomic mass is 32.2. The van der Waals surface area contributed by atoms with Crippen LogP contribution in [0.4, 0.5) is 11.7 Å². The maximum absolute atomic E-state index is 11.0. The molecule has 0 bridgehead atoms. The number of nitrogens with one attached hydrogen (secondary N) is 2. The van der Waals surface area contributed by atoms with E-state index in [0.717, 1.165) is 33.0 Å². The monoisotopic (exact) mass is 547 g/mol. The number of benzene rings is 3. The Balaban J connectivity index is 1.41. The first kappa shape index (κ1) is 25.6. The smallest absolute Gasteiger partial charge is 0.295 e. The summed E-state index contributed by atoms with van der Waals surface area (Å²) in [5.74, 6) is 0.555. The van der Waals surface area contributed by atoms with Gasteiger partial charge in [0.15, 0.2) is 16.1 Å². The maximum Gasteiger partial charge on any atom is 0.295 e. The number of rotatable bonds is 10. The van der Waals surface area contributed by atoms with E-state index in [2.05, 4.69) is 10.3 Å². The number of hydrogen-bond donors (Lipinski definition) is 3. The number of oxazole rings is 1. The first-order chi connectivity index (χ1) is 18.4. The van der Waals surface area contributed by atoms with Crippen LogP contribution in [-0.4, -0.2) is 28.0 Å². The second kappa shape index (κ2) is 11.2. The molecule has 0 spiro atoms. The van der Waals surface area contributed by atoms with Gasteiger partial charge in [0.2, 0.25) is 0 Å². The molecule has 3 N–H and O–H groups in total. The zero-order valence-corrected chi connectivity index (χ0v) is 21.6. The third-order valence-corrected chi connectivity index (χ3v) is 7.13. The highest BCUT2D eigenvalue weighted by molar-refractivity contribution is 7.87. The van der Waals surface area contributed by atoms with E-state index in [9.17, 15) is 18.1 Å². The molecule has 38 heavy (non-hydrogen) atoms. The largest absolute Gasteiger partial charge is 0.731 e. The average molecular weight is 548 g/mol. The minimum Gasteiger partial charge on any atom is -0.731 e. The lowest BCUT2D eigenvalue weighted by atomic mass is 10.0. The van der Waals surface area contributed by atoms with E-state index >= 15 is 0 Å². The molecule has 0 aliphatic heterocycles. The van der Waals surface area contributed by atoms with Crippen molar-refractivity contribution in [1.82, 2.24) is 9.97 Å². The van der Waals surface area contributed by atoms with Gasteiger partial charge >= 0.3 is 0 Å². The van der Waals surface area contributed by atoms with Crippen LogP contribution in [-0.2, 0) is 23.3 Å². The minimum absolute atomic E-state index is 0.0716. The number of anilines is 2. The normalized spacial score (nSPS) is 12.3. The molecule has 5 rings (SSSR count). The molecular formula is C27H23N4O5S2-. The molecule has 0 saturated heterocycles. The molecular weight excluding hydrogens is 524 g/mol.